The van der Waals surface area contributed by atoms with Crippen LogP contribution in [0.15, 0.2) is 29.5 Å². The molecule has 98 valence electrons. The Balaban J connectivity index is 2.10. The van der Waals surface area contributed by atoms with E-state index in [-0.39, 0.29) is 17.9 Å². The molecule has 0 radical (unpaired) electrons. The molecule has 0 saturated carbocycles. The molecule has 2 rings (SSSR count). The van der Waals surface area contributed by atoms with E-state index in [4.69, 9.17) is 0 Å². The molecule has 1 N–H and O–H groups in total. The molecule has 1 aromatic rings. The number of aliphatic hydroxyl groups excluding tert-OH is 1. The summed E-state index contributed by atoms with van der Waals surface area (Å²) in [6, 6.07) is 1.56. The molecule has 1 atom stereocenters. The van der Waals surface area contributed by atoms with Crippen LogP contribution in [0.5, 0.6) is 0 Å². The number of nitrogens with zero attached hydrogens (tertiary/aromatic N) is 2. The van der Waals surface area contributed by atoms with Gasteiger partial charge in [0.25, 0.3) is 5.91 Å². The van der Waals surface area contributed by atoms with Crippen LogP contribution in [0.1, 0.15) is 29.8 Å². The fraction of sp³-hybridized carbons (Fsp3) is 0.538. The molecule has 0 aromatic carbocycles. The number of amides is 1. The van der Waals surface area contributed by atoms with Crippen molar-refractivity contribution in [3.63, 3.8) is 0 Å². The maximum atomic E-state index is 12.2. The molecule has 1 aliphatic heterocycles. The van der Waals surface area contributed by atoms with Gasteiger partial charge in [0, 0.05) is 24.6 Å². The topological polar surface area (TPSA) is 66.6 Å². The summed E-state index contributed by atoms with van der Waals surface area (Å²) in [4.78, 5) is 13.9. The van der Waals surface area contributed by atoms with Crippen LogP contribution < -0.4 is 0 Å². The number of aliphatic hydroxyl groups is 1. The number of rotatable bonds is 4. The molecule has 1 amide bonds. The van der Waals surface area contributed by atoms with Gasteiger partial charge in [0.2, 0.25) is 0 Å². The second kappa shape index (κ2) is 5.35. The van der Waals surface area contributed by atoms with E-state index >= 15 is 0 Å². The number of hydrogen-bond donors (Lipinski definition) is 1. The summed E-state index contributed by atoms with van der Waals surface area (Å²) in [5.74, 6) is -0.134. The lowest BCUT2D eigenvalue weighted by Crippen LogP contribution is -2.47. The van der Waals surface area contributed by atoms with Gasteiger partial charge in [-0.2, -0.15) is 0 Å². The maximum Gasteiger partial charge on any atom is 0.276 e. The largest absolute Gasteiger partial charge is 0.396 e. The molecule has 0 bridgehead atoms. The van der Waals surface area contributed by atoms with Crippen LogP contribution in [-0.4, -0.2) is 40.8 Å². The zero-order valence-corrected chi connectivity index (χ0v) is 10.3. The van der Waals surface area contributed by atoms with E-state index < -0.39 is 0 Å². The number of aromatic nitrogens is 1. The molecule has 0 spiro atoms. The summed E-state index contributed by atoms with van der Waals surface area (Å²) in [6.07, 6.45) is 5.71. The predicted molar refractivity (Wildman–Crippen MR) is 66.0 cm³/mol. The van der Waals surface area contributed by atoms with Gasteiger partial charge in [-0.15, -0.1) is 6.58 Å². The number of hydrogen-bond acceptors (Lipinski definition) is 4. The molecule has 2 heterocycles. The van der Waals surface area contributed by atoms with Crippen molar-refractivity contribution in [2.75, 3.05) is 19.7 Å². The van der Waals surface area contributed by atoms with E-state index in [1.165, 1.54) is 6.26 Å². The minimum absolute atomic E-state index is 0.0710. The highest BCUT2D eigenvalue weighted by molar-refractivity contribution is 5.92. The first-order valence-corrected chi connectivity index (χ1v) is 6.12. The lowest BCUT2D eigenvalue weighted by atomic mass is 9.78. The minimum Gasteiger partial charge on any atom is -0.396 e. The zero-order valence-electron chi connectivity index (χ0n) is 10.3. The van der Waals surface area contributed by atoms with Crippen LogP contribution >= 0.6 is 0 Å². The van der Waals surface area contributed by atoms with Crippen molar-refractivity contribution < 1.29 is 14.4 Å². The van der Waals surface area contributed by atoms with Crippen LogP contribution in [0.2, 0.25) is 0 Å². The first-order chi connectivity index (χ1) is 8.71. The average Bonchev–Trinajstić information content (AvgIpc) is 2.92. The molecule has 1 saturated heterocycles. The standard InChI is InChI=1S/C13H18N2O3/c1-2-5-13(10-16)6-3-7-15(9-13)12(17)11-4-8-18-14-11/h2,4,8,16H,1,3,5-7,9-10H2/t13-/m1/s1. The third-order valence-electron chi connectivity index (χ3n) is 3.52. The van der Waals surface area contributed by atoms with E-state index in [1.807, 2.05) is 0 Å². The van der Waals surface area contributed by atoms with Gasteiger partial charge in [0.05, 0.1) is 6.61 Å². The van der Waals surface area contributed by atoms with Crippen molar-refractivity contribution in [1.82, 2.24) is 10.1 Å². The van der Waals surface area contributed by atoms with Crippen molar-refractivity contribution in [3.05, 3.63) is 30.7 Å². The molecule has 18 heavy (non-hydrogen) atoms. The minimum atomic E-state index is -0.251. The second-order valence-corrected chi connectivity index (χ2v) is 4.87. The summed E-state index contributed by atoms with van der Waals surface area (Å²) in [7, 11) is 0. The van der Waals surface area contributed by atoms with Gasteiger partial charge in [-0.1, -0.05) is 11.2 Å². The van der Waals surface area contributed by atoms with E-state index in [0.717, 1.165) is 12.8 Å². The second-order valence-electron chi connectivity index (χ2n) is 4.87. The molecule has 5 heteroatoms. The summed E-state index contributed by atoms with van der Waals surface area (Å²) in [6.45, 7) is 5.04. The smallest absolute Gasteiger partial charge is 0.276 e. The molecule has 5 nitrogen and oxygen atoms in total. The molecular formula is C13H18N2O3. The van der Waals surface area contributed by atoms with Crippen LogP contribution in [0.25, 0.3) is 0 Å². The van der Waals surface area contributed by atoms with Gasteiger partial charge >= 0.3 is 0 Å². The Morgan fingerprint density at radius 2 is 2.56 bits per heavy atom. The predicted octanol–water partition coefficient (Wildman–Crippen LogP) is 1.47. The lowest BCUT2D eigenvalue weighted by molar-refractivity contribution is 0.0279. The van der Waals surface area contributed by atoms with Gasteiger partial charge < -0.3 is 14.5 Å². The van der Waals surface area contributed by atoms with E-state index in [1.54, 1.807) is 17.0 Å². The molecule has 1 aromatic heterocycles. The summed E-state index contributed by atoms with van der Waals surface area (Å²) in [5, 5.41) is 13.2. The van der Waals surface area contributed by atoms with E-state index in [0.29, 0.717) is 25.2 Å². The quantitative estimate of drug-likeness (QED) is 0.822. The van der Waals surface area contributed by atoms with E-state index in [9.17, 15) is 9.90 Å². The van der Waals surface area contributed by atoms with Gasteiger partial charge in [-0.3, -0.25) is 4.79 Å². The highest BCUT2D eigenvalue weighted by Gasteiger charge is 2.36. The first-order valence-electron chi connectivity index (χ1n) is 6.12. The molecule has 1 fully saturated rings. The summed E-state index contributed by atoms with van der Waals surface area (Å²) >= 11 is 0. The average molecular weight is 250 g/mol. The molecule has 1 aliphatic rings. The monoisotopic (exact) mass is 250 g/mol. The molecule has 0 aliphatic carbocycles. The fourth-order valence-electron chi connectivity index (χ4n) is 2.53. The fourth-order valence-corrected chi connectivity index (χ4v) is 2.53. The summed E-state index contributed by atoms with van der Waals surface area (Å²) < 4.78 is 4.69. The van der Waals surface area contributed by atoms with Gasteiger partial charge in [-0.05, 0) is 19.3 Å². The van der Waals surface area contributed by atoms with Crippen LogP contribution in [0.3, 0.4) is 0 Å². The Kier molecular flexibility index (Phi) is 3.81. The molecule has 0 unspecified atom stereocenters. The number of carbonyl (C=O) groups is 1. The summed E-state index contributed by atoms with van der Waals surface area (Å²) in [5.41, 5.74) is 0.0710. The Morgan fingerprint density at radius 1 is 1.72 bits per heavy atom. The zero-order chi connectivity index (χ0) is 13.0. The van der Waals surface area contributed by atoms with Crippen LogP contribution in [0.4, 0.5) is 0 Å². The Hall–Kier alpha value is -1.62. The lowest BCUT2D eigenvalue weighted by Gasteiger charge is -2.41. The number of likely N-dealkylation sites (tertiary alicyclic amines) is 1. The SMILES string of the molecule is C=CC[C@@]1(CO)CCCN(C(=O)c2ccon2)C1. The third kappa shape index (κ3) is 2.46. The van der Waals surface area contributed by atoms with Crippen molar-refractivity contribution >= 4 is 5.91 Å². The van der Waals surface area contributed by atoms with E-state index in [2.05, 4.69) is 16.3 Å². The first kappa shape index (κ1) is 12.8. The number of carbonyl (C=O) groups excluding carboxylic acids is 1. The van der Waals surface area contributed by atoms with Crippen LogP contribution in [-0.2, 0) is 0 Å². The normalized spacial score (nSPS) is 23.9. The highest BCUT2D eigenvalue weighted by Crippen LogP contribution is 2.33. The number of piperidine rings is 1. The molecular weight excluding hydrogens is 232 g/mol. The highest BCUT2D eigenvalue weighted by atomic mass is 16.5. The van der Waals surface area contributed by atoms with Gasteiger partial charge in [0.1, 0.15) is 6.26 Å². The van der Waals surface area contributed by atoms with Crippen molar-refractivity contribution in [2.24, 2.45) is 5.41 Å². The van der Waals surface area contributed by atoms with Crippen LogP contribution in [0, 0.1) is 5.41 Å². The third-order valence-corrected chi connectivity index (χ3v) is 3.52. The number of allylic oxidation sites excluding steroid dienone is 1. The van der Waals surface area contributed by atoms with Crippen molar-refractivity contribution in [3.8, 4) is 0 Å². The van der Waals surface area contributed by atoms with Crippen molar-refractivity contribution in [1.29, 1.82) is 0 Å². The Bertz CT molecular complexity index is 416. The maximum absolute atomic E-state index is 12.2. The Morgan fingerprint density at radius 3 is 3.17 bits per heavy atom. The van der Waals surface area contributed by atoms with Gasteiger partial charge in [0.15, 0.2) is 5.69 Å². The van der Waals surface area contributed by atoms with Gasteiger partial charge in [-0.25, -0.2) is 0 Å². The van der Waals surface area contributed by atoms with Crippen molar-refractivity contribution in [2.45, 2.75) is 19.3 Å². The Labute approximate surface area is 106 Å².